The van der Waals surface area contributed by atoms with Crippen LogP contribution in [0, 0.1) is 0 Å². The number of amides is 1. The largest absolute Gasteiger partial charge is 0.756 e. The van der Waals surface area contributed by atoms with Crippen LogP contribution in [-0.2, 0) is 18.4 Å². The van der Waals surface area contributed by atoms with Gasteiger partial charge in [-0.3, -0.25) is 9.36 Å². The zero-order chi connectivity index (χ0) is 38.6. The van der Waals surface area contributed by atoms with E-state index in [1.54, 1.807) is 0 Å². The zero-order valence-electron chi connectivity index (χ0n) is 35.3. The number of aliphatic hydroxyl groups is 1. The highest BCUT2D eigenvalue weighted by atomic mass is 31.2. The first-order chi connectivity index (χ1) is 25.0. The van der Waals surface area contributed by atoms with Crippen molar-refractivity contribution < 1.29 is 32.9 Å². The van der Waals surface area contributed by atoms with Gasteiger partial charge in [-0.25, -0.2) is 0 Å². The number of phosphoric ester groups is 1. The highest BCUT2D eigenvalue weighted by molar-refractivity contribution is 7.45. The summed E-state index contributed by atoms with van der Waals surface area (Å²) in [5, 5.41) is 13.9. The van der Waals surface area contributed by atoms with Crippen LogP contribution in [0.25, 0.3) is 0 Å². The molecule has 0 saturated heterocycles. The topological polar surface area (TPSA) is 108 Å². The second kappa shape index (κ2) is 36.2. The van der Waals surface area contributed by atoms with Crippen molar-refractivity contribution in [3.05, 3.63) is 0 Å². The van der Waals surface area contributed by atoms with Crippen molar-refractivity contribution in [3.8, 4) is 0 Å². The normalized spacial score (nSPS) is 14.4. The van der Waals surface area contributed by atoms with Gasteiger partial charge in [0.2, 0.25) is 5.91 Å². The molecule has 0 heterocycles. The van der Waals surface area contributed by atoms with Gasteiger partial charge in [-0.2, -0.15) is 0 Å². The Labute approximate surface area is 323 Å². The Morgan fingerprint density at radius 1 is 0.596 bits per heavy atom. The Kier molecular flexibility index (Phi) is 35.8. The number of quaternary nitrogens is 1. The van der Waals surface area contributed by atoms with Gasteiger partial charge < -0.3 is 28.8 Å². The number of hydrogen-bond acceptors (Lipinski definition) is 6. The first-order valence-corrected chi connectivity index (χ1v) is 23.8. The van der Waals surface area contributed by atoms with Crippen LogP contribution in [0.3, 0.4) is 0 Å². The van der Waals surface area contributed by atoms with E-state index in [2.05, 4.69) is 19.2 Å². The lowest BCUT2D eigenvalue weighted by atomic mass is 10.0. The van der Waals surface area contributed by atoms with E-state index in [1.165, 1.54) is 154 Å². The lowest BCUT2D eigenvalue weighted by Crippen LogP contribution is -2.46. The fraction of sp³-hybridized carbons (Fsp3) is 0.977. The van der Waals surface area contributed by atoms with E-state index in [0.29, 0.717) is 23.9 Å². The summed E-state index contributed by atoms with van der Waals surface area (Å²) in [5.41, 5.74) is 0. The molecular weight excluding hydrogens is 671 g/mol. The highest BCUT2D eigenvalue weighted by Gasteiger charge is 2.24. The second-order valence-corrected chi connectivity index (χ2v) is 18.2. The smallest absolute Gasteiger partial charge is 0.268 e. The van der Waals surface area contributed by atoms with Gasteiger partial charge in [0.1, 0.15) is 13.2 Å². The minimum Gasteiger partial charge on any atom is -0.756 e. The molecule has 0 aliphatic carbocycles. The lowest BCUT2D eigenvalue weighted by molar-refractivity contribution is -0.870. The van der Waals surface area contributed by atoms with Crippen molar-refractivity contribution in [2.45, 2.75) is 231 Å². The summed E-state index contributed by atoms with van der Waals surface area (Å²) in [4.78, 5) is 25.3. The van der Waals surface area contributed by atoms with Crippen molar-refractivity contribution >= 4 is 13.7 Å². The third kappa shape index (κ3) is 37.8. The monoisotopic (exact) mass is 761 g/mol. The predicted octanol–water partition coefficient (Wildman–Crippen LogP) is 11.6. The van der Waals surface area contributed by atoms with Crippen molar-refractivity contribution in [2.24, 2.45) is 0 Å². The van der Waals surface area contributed by atoms with Gasteiger partial charge in [-0.15, -0.1) is 0 Å². The van der Waals surface area contributed by atoms with Gasteiger partial charge in [0.25, 0.3) is 7.82 Å². The van der Waals surface area contributed by atoms with Crippen LogP contribution in [0.5, 0.6) is 0 Å². The SMILES string of the molecule is CCCCCCCCCCCCCCCCCCCCCCC(=O)NC(COP(=O)([O-])OCC[N+](C)(C)C)C(O)CCCCCCCCCCCC. The number of aliphatic hydroxyl groups excluding tert-OH is 1. The average molecular weight is 761 g/mol. The van der Waals surface area contributed by atoms with Crippen molar-refractivity contribution in [1.82, 2.24) is 5.32 Å². The summed E-state index contributed by atoms with van der Waals surface area (Å²) in [6.07, 6.45) is 38.2. The van der Waals surface area contributed by atoms with E-state index in [1.807, 2.05) is 21.1 Å². The van der Waals surface area contributed by atoms with E-state index in [4.69, 9.17) is 9.05 Å². The molecule has 9 heteroatoms. The molecule has 1 amide bonds. The molecule has 0 spiro atoms. The summed E-state index contributed by atoms with van der Waals surface area (Å²) >= 11 is 0. The van der Waals surface area contributed by atoms with Crippen LogP contribution < -0.4 is 10.2 Å². The third-order valence-corrected chi connectivity index (χ3v) is 11.3. The molecule has 52 heavy (non-hydrogen) atoms. The summed E-state index contributed by atoms with van der Waals surface area (Å²) < 4.78 is 23.2. The molecule has 312 valence electrons. The van der Waals surface area contributed by atoms with E-state index >= 15 is 0 Å². The molecule has 0 aliphatic rings. The molecule has 3 unspecified atom stereocenters. The van der Waals surface area contributed by atoms with Gasteiger partial charge in [0, 0.05) is 6.42 Å². The molecule has 0 aromatic carbocycles. The van der Waals surface area contributed by atoms with Gasteiger partial charge in [0.15, 0.2) is 0 Å². The molecule has 2 N–H and O–H groups in total. The standard InChI is InChI=1S/C43H89N2O6P/c1-6-8-10-12-14-16-18-19-20-21-22-23-24-25-26-27-29-31-33-35-37-43(47)44-41(40-51-52(48,49)50-39-38-45(3,4)5)42(46)36-34-32-30-28-17-15-13-11-9-7-2/h41-42,46H,6-40H2,1-5H3,(H-,44,47,48,49). The highest BCUT2D eigenvalue weighted by Crippen LogP contribution is 2.38. The maximum absolute atomic E-state index is 12.8. The van der Waals surface area contributed by atoms with Gasteiger partial charge in [-0.1, -0.05) is 200 Å². The number of likely N-dealkylation sites (N-methyl/N-ethyl adjacent to an activating group) is 1. The Morgan fingerprint density at radius 2 is 0.942 bits per heavy atom. The van der Waals surface area contributed by atoms with Gasteiger partial charge in [0.05, 0.1) is 39.9 Å². The van der Waals surface area contributed by atoms with Crippen molar-refractivity contribution in [3.63, 3.8) is 0 Å². The zero-order valence-corrected chi connectivity index (χ0v) is 36.2. The lowest BCUT2D eigenvalue weighted by Gasteiger charge is -2.30. The number of phosphoric acid groups is 1. The van der Waals surface area contributed by atoms with Crippen molar-refractivity contribution in [2.75, 3.05) is 40.9 Å². The van der Waals surface area contributed by atoms with Crippen LogP contribution in [0.2, 0.25) is 0 Å². The molecule has 0 aromatic rings. The molecular formula is C43H89N2O6P. The van der Waals surface area contributed by atoms with Crippen LogP contribution in [0.1, 0.15) is 219 Å². The molecule has 0 bridgehead atoms. The number of nitrogens with one attached hydrogen (secondary N) is 1. The molecule has 0 saturated carbocycles. The fourth-order valence-corrected chi connectivity index (χ4v) is 7.47. The van der Waals surface area contributed by atoms with E-state index in [-0.39, 0.29) is 19.1 Å². The number of unbranched alkanes of at least 4 members (excludes halogenated alkanes) is 28. The van der Waals surface area contributed by atoms with Gasteiger partial charge in [-0.05, 0) is 12.8 Å². The Hall–Kier alpha value is -0.500. The number of carbonyl (C=O) groups excluding carboxylic acids is 1. The minimum absolute atomic E-state index is 0.0158. The molecule has 0 fully saturated rings. The maximum atomic E-state index is 12.8. The predicted molar refractivity (Wildman–Crippen MR) is 219 cm³/mol. The average Bonchev–Trinajstić information content (AvgIpc) is 3.09. The van der Waals surface area contributed by atoms with E-state index in [0.717, 1.165) is 38.5 Å². The van der Waals surface area contributed by atoms with Crippen LogP contribution in [0.4, 0.5) is 0 Å². The molecule has 0 aromatic heterocycles. The van der Waals surface area contributed by atoms with Gasteiger partial charge >= 0.3 is 0 Å². The van der Waals surface area contributed by atoms with Crippen LogP contribution in [-0.4, -0.2) is 68.5 Å². The minimum atomic E-state index is -4.55. The first-order valence-electron chi connectivity index (χ1n) is 22.4. The molecule has 3 atom stereocenters. The second-order valence-electron chi connectivity index (χ2n) is 16.8. The number of nitrogens with zero attached hydrogens (tertiary/aromatic N) is 1. The maximum Gasteiger partial charge on any atom is 0.268 e. The fourth-order valence-electron chi connectivity index (χ4n) is 6.75. The van der Waals surface area contributed by atoms with E-state index < -0.39 is 20.0 Å². The number of hydrogen-bond donors (Lipinski definition) is 2. The molecule has 0 aliphatic heterocycles. The Balaban J connectivity index is 4.21. The van der Waals surface area contributed by atoms with E-state index in [9.17, 15) is 19.4 Å². The van der Waals surface area contributed by atoms with Crippen LogP contribution in [0.15, 0.2) is 0 Å². The summed E-state index contributed by atoms with van der Waals surface area (Å²) in [6.45, 7) is 4.72. The molecule has 0 rings (SSSR count). The Bertz CT molecular complexity index is 824. The van der Waals surface area contributed by atoms with Crippen LogP contribution >= 0.6 is 7.82 Å². The Morgan fingerprint density at radius 3 is 1.31 bits per heavy atom. The number of carbonyl (C=O) groups is 1. The summed E-state index contributed by atoms with van der Waals surface area (Å²) in [6, 6.07) is -0.791. The number of rotatable bonds is 41. The molecule has 0 radical (unpaired) electrons. The quantitative estimate of drug-likeness (QED) is 0.0365. The summed E-state index contributed by atoms with van der Waals surface area (Å²) in [7, 11) is 1.31. The summed E-state index contributed by atoms with van der Waals surface area (Å²) in [5.74, 6) is -0.162. The first kappa shape index (κ1) is 51.5. The van der Waals surface area contributed by atoms with Crippen molar-refractivity contribution in [1.29, 1.82) is 0 Å². The third-order valence-electron chi connectivity index (χ3n) is 10.3. The molecule has 8 nitrogen and oxygen atoms in total.